The average molecular weight is 646 g/mol. The Hall–Kier alpha value is -5.14. The number of nitrogens with one attached hydrogen (secondary N) is 3. The van der Waals surface area contributed by atoms with Crippen molar-refractivity contribution in [2.75, 3.05) is 17.2 Å². The van der Waals surface area contributed by atoms with Gasteiger partial charge in [-0.2, -0.15) is 15.4 Å². The summed E-state index contributed by atoms with van der Waals surface area (Å²) in [5, 5.41) is 15.9. The SMILES string of the molecule is CCOC1C(=O)N(C(C(=O)Nc2cc(NC(=O)c3ccc4n[nH]nc4c3)ccc2Cl)C(=O)C(C)(C)C)C(=O)N1Cc1ccccc1. The van der Waals surface area contributed by atoms with Crippen molar-refractivity contribution in [1.82, 2.24) is 25.2 Å². The molecule has 5 rings (SSSR count). The number of ketones is 1. The van der Waals surface area contributed by atoms with Crippen LogP contribution in [-0.4, -0.2) is 73.6 Å². The smallest absolute Gasteiger partial charge is 0.330 e. The highest BCUT2D eigenvalue weighted by atomic mass is 35.5. The number of benzene rings is 3. The quantitative estimate of drug-likeness (QED) is 0.166. The largest absolute Gasteiger partial charge is 0.350 e. The number of hydrogen-bond donors (Lipinski definition) is 3. The van der Waals surface area contributed by atoms with Crippen molar-refractivity contribution in [3.63, 3.8) is 0 Å². The van der Waals surface area contributed by atoms with Crippen LogP contribution in [0.4, 0.5) is 16.2 Å². The fourth-order valence-electron chi connectivity index (χ4n) is 4.92. The van der Waals surface area contributed by atoms with Gasteiger partial charge in [-0.05, 0) is 48.9 Å². The van der Waals surface area contributed by atoms with Gasteiger partial charge in [0.1, 0.15) is 11.0 Å². The first-order valence-corrected chi connectivity index (χ1v) is 14.8. The van der Waals surface area contributed by atoms with E-state index in [2.05, 4.69) is 26.0 Å². The first-order valence-electron chi connectivity index (χ1n) is 14.4. The summed E-state index contributed by atoms with van der Waals surface area (Å²) in [6.45, 7) is 6.55. The van der Waals surface area contributed by atoms with E-state index < -0.39 is 47.2 Å². The van der Waals surface area contributed by atoms with Crippen LogP contribution in [0.3, 0.4) is 0 Å². The van der Waals surface area contributed by atoms with Gasteiger partial charge in [0.15, 0.2) is 11.8 Å². The van der Waals surface area contributed by atoms with Crippen molar-refractivity contribution in [2.45, 2.75) is 46.5 Å². The van der Waals surface area contributed by atoms with Crippen molar-refractivity contribution in [1.29, 1.82) is 0 Å². The molecule has 2 heterocycles. The first-order chi connectivity index (χ1) is 21.9. The average Bonchev–Trinajstić information content (AvgIpc) is 3.58. The second-order valence-corrected chi connectivity index (χ2v) is 12.0. The number of rotatable bonds is 10. The van der Waals surface area contributed by atoms with Crippen molar-refractivity contribution in [2.24, 2.45) is 5.41 Å². The van der Waals surface area contributed by atoms with E-state index in [9.17, 15) is 24.0 Å². The summed E-state index contributed by atoms with van der Waals surface area (Å²) in [5.74, 6) is -2.93. The Bertz CT molecular complexity index is 1820. The number of fused-ring (bicyclic) bond motifs is 1. The van der Waals surface area contributed by atoms with Gasteiger partial charge in [0, 0.05) is 23.3 Å². The number of carbonyl (C=O) groups excluding carboxylic acids is 5. The Morgan fingerprint density at radius 2 is 1.70 bits per heavy atom. The number of urea groups is 1. The summed E-state index contributed by atoms with van der Waals surface area (Å²) in [4.78, 5) is 70.0. The summed E-state index contributed by atoms with van der Waals surface area (Å²) in [6, 6.07) is 15.5. The number of hydrogen-bond acceptors (Lipinski definition) is 8. The van der Waals surface area contributed by atoms with Crippen LogP contribution in [0.15, 0.2) is 66.7 Å². The molecule has 0 aliphatic carbocycles. The normalized spacial score (nSPS) is 15.7. The number of H-pyrrole nitrogens is 1. The van der Waals surface area contributed by atoms with Gasteiger partial charge >= 0.3 is 6.03 Å². The van der Waals surface area contributed by atoms with Crippen LogP contribution in [0.1, 0.15) is 43.6 Å². The molecule has 1 aliphatic heterocycles. The number of Topliss-reactive ketones (excluding diaryl/α,β-unsaturated/α-hetero) is 1. The summed E-state index contributed by atoms with van der Waals surface area (Å²) in [5.41, 5.74) is 1.34. The minimum absolute atomic E-state index is 0.0157. The van der Waals surface area contributed by atoms with Crippen LogP contribution in [0.25, 0.3) is 11.0 Å². The third kappa shape index (κ3) is 6.60. The van der Waals surface area contributed by atoms with E-state index in [-0.39, 0.29) is 29.5 Å². The minimum Gasteiger partial charge on any atom is -0.350 e. The Morgan fingerprint density at radius 1 is 0.978 bits per heavy atom. The van der Waals surface area contributed by atoms with Gasteiger partial charge in [0.25, 0.3) is 17.7 Å². The highest BCUT2D eigenvalue weighted by Crippen LogP contribution is 2.31. The fourth-order valence-corrected chi connectivity index (χ4v) is 5.09. The number of imide groups is 1. The lowest BCUT2D eigenvalue weighted by atomic mass is 9.85. The second kappa shape index (κ2) is 13.1. The van der Waals surface area contributed by atoms with Crippen LogP contribution in [-0.2, 0) is 25.7 Å². The lowest BCUT2D eigenvalue weighted by Crippen LogP contribution is -2.55. The summed E-state index contributed by atoms with van der Waals surface area (Å²) in [6.07, 6.45) is -1.33. The van der Waals surface area contributed by atoms with Crippen LogP contribution >= 0.6 is 11.6 Å². The van der Waals surface area contributed by atoms with E-state index in [1.807, 2.05) is 6.07 Å². The number of aromatic nitrogens is 3. The fraction of sp³-hybridized carbons (Fsp3) is 0.281. The van der Waals surface area contributed by atoms with Gasteiger partial charge in [-0.25, -0.2) is 9.69 Å². The molecule has 0 saturated carbocycles. The molecule has 13 nitrogen and oxygen atoms in total. The third-order valence-electron chi connectivity index (χ3n) is 7.26. The number of nitrogens with zero attached hydrogens (tertiary/aromatic N) is 4. The molecule has 3 aromatic carbocycles. The maximum absolute atomic E-state index is 13.9. The Morgan fingerprint density at radius 3 is 2.39 bits per heavy atom. The molecular weight excluding hydrogens is 614 g/mol. The second-order valence-electron chi connectivity index (χ2n) is 11.6. The van der Waals surface area contributed by atoms with E-state index in [0.717, 1.165) is 5.56 Å². The molecule has 0 spiro atoms. The van der Waals surface area contributed by atoms with Crippen molar-refractivity contribution >= 4 is 63.5 Å². The van der Waals surface area contributed by atoms with Crippen molar-refractivity contribution < 1.29 is 28.7 Å². The monoisotopic (exact) mass is 645 g/mol. The van der Waals surface area contributed by atoms with Crippen LogP contribution < -0.4 is 10.6 Å². The summed E-state index contributed by atoms with van der Waals surface area (Å²) >= 11 is 6.41. The zero-order valence-electron chi connectivity index (χ0n) is 25.5. The maximum atomic E-state index is 13.9. The van der Waals surface area contributed by atoms with E-state index in [4.69, 9.17) is 16.3 Å². The highest BCUT2D eigenvalue weighted by Gasteiger charge is 2.54. The molecule has 1 aromatic heterocycles. The summed E-state index contributed by atoms with van der Waals surface area (Å²) in [7, 11) is 0. The topological polar surface area (TPSA) is 167 Å². The molecule has 5 amide bonds. The predicted molar refractivity (Wildman–Crippen MR) is 170 cm³/mol. The highest BCUT2D eigenvalue weighted by molar-refractivity contribution is 6.34. The number of aromatic amines is 1. The molecule has 46 heavy (non-hydrogen) atoms. The number of ether oxygens (including phenoxy) is 1. The molecule has 2 unspecified atom stereocenters. The van der Waals surface area contributed by atoms with Crippen LogP contribution in [0, 0.1) is 5.41 Å². The van der Waals surface area contributed by atoms with Crippen LogP contribution in [0.2, 0.25) is 5.02 Å². The maximum Gasteiger partial charge on any atom is 0.330 e. The van der Waals surface area contributed by atoms with E-state index >= 15 is 0 Å². The lowest BCUT2D eigenvalue weighted by Gasteiger charge is -2.29. The van der Waals surface area contributed by atoms with Crippen molar-refractivity contribution in [3.05, 3.63) is 82.9 Å². The van der Waals surface area contributed by atoms with Crippen molar-refractivity contribution in [3.8, 4) is 0 Å². The lowest BCUT2D eigenvalue weighted by molar-refractivity contribution is -0.149. The van der Waals surface area contributed by atoms with Gasteiger partial charge < -0.3 is 15.4 Å². The van der Waals surface area contributed by atoms with Gasteiger partial charge in [0.05, 0.1) is 17.3 Å². The molecule has 0 bridgehead atoms. The molecule has 2 atom stereocenters. The predicted octanol–water partition coefficient (Wildman–Crippen LogP) is 4.61. The Balaban J connectivity index is 1.42. The molecule has 1 saturated heterocycles. The standard InChI is InChI=1S/C32H32ClN7O6/c1-5-46-30-29(44)40(31(45)39(30)17-18-9-7-6-8-10-18)25(26(41)32(2,3)4)28(43)35-23-16-20(12-13-21(23)33)34-27(42)19-11-14-22-24(15-19)37-38-36-22/h6-16,25,30H,5,17H2,1-4H3,(H,34,42)(H,35,43)(H,36,37,38). The Labute approximate surface area is 269 Å². The molecule has 4 aromatic rings. The van der Waals surface area contributed by atoms with E-state index in [1.165, 1.54) is 23.1 Å². The molecule has 3 N–H and O–H groups in total. The number of carbonyl (C=O) groups is 5. The molecule has 0 radical (unpaired) electrons. The Kier molecular flexibility index (Phi) is 9.17. The minimum atomic E-state index is -1.84. The zero-order valence-corrected chi connectivity index (χ0v) is 26.3. The van der Waals surface area contributed by atoms with E-state index in [0.29, 0.717) is 21.5 Å². The summed E-state index contributed by atoms with van der Waals surface area (Å²) < 4.78 is 5.64. The number of amides is 5. The van der Waals surface area contributed by atoms with E-state index in [1.54, 1.807) is 70.2 Å². The van der Waals surface area contributed by atoms with Gasteiger partial charge in [-0.15, -0.1) is 0 Å². The number of halogens is 1. The zero-order chi connectivity index (χ0) is 33.2. The number of anilines is 2. The molecule has 1 fully saturated rings. The first kappa shape index (κ1) is 32.3. The van der Waals surface area contributed by atoms with Gasteiger partial charge in [-0.3, -0.25) is 24.1 Å². The molecule has 238 valence electrons. The molecule has 14 heteroatoms. The third-order valence-corrected chi connectivity index (χ3v) is 7.59. The van der Waals surface area contributed by atoms with Gasteiger partial charge in [-0.1, -0.05) is 62.7 Å². The van der Waals surface area contributed by atoms with Gasteiger partial charge in [0.2, 0.25) is 6.23 Å². The molecular formula is C32H32ClN7O6. The molecule has 1 aliphatic rings. The van der Waals surface area contributed by atoms with Crippen LogP contribution in [0.5, 0.6) is 0 Å².